The quantitative estimate of drug-likeness (QED) is 0.132. The zero-order valence-electron chi connectivity index (χ0n) is 30.0. The number of allylic oxidation sites excluding steroid dienone is 2. The lowest BCUT2D eigenvalue weighted by molar-refractivity contribution is -0.159. The van der Waals surface area contributed by atoms with Gasteiger partial charge in [0, 0.05) is 41.2 Å². The number of ketones is 2. The number of nitrogens with one attached hydrogen (secondary N) is 1. The van der Waals surface area contributed by atoms with Gasteiger partial charge >= 0.3 is 5.97 Å². The first-order valence-corrected chi connectivity index (χ1v) is 19.8. The number of sulfonamides is 1. The molecular weight excluding hydrogens is 754 g/mol. The molecule has 1 N–H and O–H groups in total. The van der Waals surface area contributed by atoms with Gasteiger partial charge in [0.25, 0.3) is 0 Å². The number of halogens is 1. The minimum Gasteiger partial charge on any atom is -0.472 e. The van der Waals surface area contributed by atoms with Gasteiger partial charge in [-0.25, -0.2) is 13.4 Å². The van der Waals surface area contributed by atoms with Gasteiger partial charge in [-0.3, -0.25) is 28.7 Å². The van der Waals surface area contributed by atoms with Crippen molar-refractivity contribution >= 4 is 66.1 Å². The van der Waals surface area contributed by atoms with Crippen LogP contribution in [0.3, 0.4) is 0 Å². The lowest BCUT2D eigenvalue weighted by Gasteiger charge is -2.29. The molecule has 2 saturated carbocycles. The molecule has 1 aromatic carbocycles. The number of benzene rings is 1. The largest absolute Gasteiger partial charge is 0.472 e. The summed E-state index contributed by atoms with van der Waals surface area (Å²) < 4.78 is 40.3. The van der Waals surface area contributed by atoms with Crippen molar-refractivity contribution in [3.63, 3.8) is 0 Å². The summed E-state index contributed by atoms with van der Waals surface area (Å²) in [6.45, 7) is 14.1. The van der Waals surface area contributed by atoms with Crippen LogP contribution >= 0.6 is 15.9 Å². The number of pyridine rings is 1. The molecule has 52 heavy (non-hydrogen) atoms. The predicted molar refractivity (Wildman–Crippen MR) is 197 cm³/mol. The SMILES string of the molecule is C=C[C@H]1C[C@]1(CC(=O)[C@@H]1C[C@@H](Oc2nccc3ccc(Br)cc23)CN1C(=O)[C@H](CCC(=O)C(=C)C)CC(=O)OC(C)(C)C)C(=O)NS(=O)(=O)C1CC1. The van der Waals surface area contributed by atoms with E-state index in [2.05, 4.69) is 38.8 Å². The monoisotopic (exact) mass is 799 g/mol. The molecule has 0 unspecified atom stereocenters. The Morgan fingerprint density at radius 2 is 1.88 bits per heavy atom. The number of likely N-dealkylation sites (tertiary alicyclic amines) is 1. The zero-order chi connectivity index (χ0) is 38.2. The molecule has 2 heterocycles. The second kappa shape index (κ2) is 15.2. The van der Waals surface area contributed by atoms with Crippen molar-refractivity contribution in [2.45, 2.75) is 102 Å². The second-order valence-corrected chi connectivity index (χ2v) is 18.1. The summed E-state index contributed by atoms with van der Waals surface area (Å²) in [7, 11) is -3.88. The molecule has 2 aliphatic carbocycles. The molecule has 3 fully saturated rings. The number of Topliss-reactive ketones (excluding diaryl/α,β-unsaturated/α-hetero) is 2. The molecule has 2 amide bonds. The van der Waals surface area contributed by atoms with Crippen LogP contribution in [0.1, 0.15) is 79.1 Å². The van der Waals surface area contributed by atoms with Gasteiger partial charge in [-0.1, -0.05) is 34.7 Å². The minimum absolute atomic E-state index is 0.00944. The van der Waals surface area contributed by atoms with Crippen molar-refractivity contribution in [2.75, 3.05) is 6.54 Å². The normalized spacial score (nSPS) is 23.4. The Morgan fingerprint density at radius 3 is 2.50 bits per heavy atom. The topological polar surface area (TPSA) is 166 Å². The van der Waals surface area contributed by atoms with E-state index in [1.807, 2.05) is 24.3 Å². The Bertz CT molecular complexity index is 1920. The molecule has 1 aliphatic heterocycles. The van der Waals surface area contributed by atoms with Crippen LogP contribution in [0.25, 0.3) is 10.8 Å². The first kappa shape index (κ1) is 39.3. The molecule has 1 saturated heterocycles. The van der Waals surface area contributed by atoms with Crippen molar-refractivity contribution in [3.8, 4) is 5.88 Å². The van der Waals surface area contributed by atoms with Gasteiger partial charge in [-0.15, -0.1) is 6.58 Å². The Kier molecular flexibility index (Phi) is 11.5. The van der Waals surface area contributed by atoms with Crippen LogP contribution < -0.4 is 9.46 Å². The number of fused-ring (bicyclic) bond motifs is 1. The first-order chi connectivity index (χ1) is 24.3. The van der Waals surface area contributed by atoms with E-state index in [0.717, 1.165) is 9.86 Å². The summed E-state index contributed by atoms with van der Waals surface area (Å²) >= 11 is 3.48. The average molecular weight is 801 g/mol. The highest BCUT2D eigenvalue weighted by Gasteiger charge is 2.61. The highest BCUT2D eigenvalue weighted by molar-refractivity contribution is 9.10. The number of hydrogen-bond donors (Lipinski definition) is 1. The van der Waals surface area contributed by atoms with Crippen LogP contribution in [0.2, 0.25) is 0 Å². The van der Waals surface area contributed by atoms with Crippen LogP contribution in [0.4, 0.5) is 0 Å². The highest BCUT2D eigenvalue weighted by atomic mass is 79.9. The number of ether oxygens (including phenoxy) is 2. The van der Waals surface area contributed by atoms with E-state index < -0.39 is 73.8 Å². The molecule has 3 aliphatic rings. The zero-order valence-corrected chi connectivity index (χ0v) is 32.4. The van der Waals surface area contributed by atoms with Crippen molar-refractivity contribution < 1.29 is 41.9 Å². The number of nitrogens with zero attached hydrogens (tertiary/aromatic N) is 2. The third-order valence-electron chi connectivity index (χ3n) is 9.82. The second-order valence-electron chi connectivity index (χ2n) is 15.2. The van der Waals surface area contributed by atoms with E-state index in [9.17, 15) is 32.4 Å². The molecule has 2 aromatic rings. The van der Waals surface area contributed by atoms with E-state index >= 15 is 0 Å². The van der Waals surface area contributed by atoms with E-state index in [1.165, 1.54) is 4.90 Å². The van der Waals surface area contributed by atoms with E-state index in [1.54, 1.807) is 40.0 Å². The number of rotatable bonds is 16. The van der Waals surface area contributed by atoms with Gasteiger partial charge in [0.2, 0.25) is 27.7 Å². The molecular formula is C38H46BrN3O9S. The lowest BCUT2D eigenvalue weighted by atomic mass is 9.90. The number of amides is 2. The highest BCUT2D eigenvalue weighted by Crippen LogP contribution is 2.57. The predicted octanol–water partition coefficient (Wildman–Crippen LogP) is 5.38. The minimum atomic E-state index is -3.88. The molecule has 5 rings (SSSR count). The first-order valence-electron chi connectivity index (χ1n) is 17.5. The van der Waals surface area contributed by atoms with Crippen LogP contribution in [0.5, 0.6) is 5.88 Å². The summed E-state index contributed by atoms with van der Waals surface area (Å²) in [5.41, 5.74) is -1.84. The third-order valence-corrected chi connectivity index (χ3v) is 12.1. The molecule has 14 heteroatoms. The Hall–Kier alpha value is -3.91. The number of esters is 1. The van der Waals surface area contributed by atoms with Crippen molar-refractivity contribution in [2.24, 2.45) is 17.3 Å². The van der Waals surface area contributed by atoms with E-state index in [0.29, 0.717) is 29.7 Å². The van der Waals surface area contributed by atoms with Gasteiger partial charge in [0.1, 0.15) is 11.7 Å². The fourth-order valence-corrected chi connectivity index (χ4v) is 8.50. The molecule has 0 spiro atoms. The van der Waals surface area contributed by atoms with Crippen LogP contribution in [-0.4, -0.2) is 77.2 Å². The van der Waals surface area contributed by atoms with Crippen LogP contribution in [0, 0.1) is 17.3 Å². The van der Waals surface area contributed by atoms with Gasteiger partial charge in [0.15, 0.2) is 11.6 Å². The molecule has 0 radical (unpaired) electrons. The van der Waals surface area contributed by atoms with Crippen LogP contribution in [-0.2, 0) is 38.7 Å². The van der Waals surface area contributed by atoms with Crippen molar-refractivity contribution in [1.29, 1.82) is 0 Å². The van der Waals surface area contributed by atoms with Gasteiger partial charge in [-0.05, 0) is 88.5 Å². The summed E-state index contributed by atoms with van der Waals surface area (Å²) in [6, 6.07) is 6.40. The summed E-state index contributed by atoms with van der Waals surface area (Å²) in [6.07, 6.45) is 2.95. The smallest absolute Gasteiger partial charge is 0.307 e. The average Bonchev–Trinajstić information content (AvgIpc) is 3.98. The fraction of sp³-hybridized carbons (Fsp3) is 0.526. The maximum atomic E-state index is 14.5. The number of aromatic nitrogens is 1. The van der Waals surface area contributed by atoms with E-state index in [-0.39, 0.29) is 50.9 Å². The molecule has 12 nitrogen and oxygen atoms in total. The van der Waals surface area contributed by atoms with Gasteiger partial charge in [-0.2, -0.15) is 0 Å². The molecule has 1 aromatic heterocycles. The number of hydrogen-bond acceptors (Lipinski definition) is 10. The summed E-state index contributed by atoms with van der Waals surface area (Å²) in [5.74, 6) is -3.78. The molecule has 5 atom stereocenters. The molecule has 0 bridgehead atoms. The standard InChI is InChI=1S/C38H46BrN3O9S/c1-7-25-19-38(25,36(47)41-52(48,49)28-11-12-28)20-32(44)30-18-27(50-34-29-17-26(39)10-8-23(29)14-15-40-34)21-42(30)35(46)24(9-13-31(43)22(2)3)16-33(45)51-37(4,5)6/h7-8,10,14-15,17,24-25,27-28,30H,1-2,9,11-13,16,18-21H2,3-6H3,(H,41,47)/t24-,25+,27-,30+,38-/m1/s1. The van der Waals surface area contributed by atoms with Crippen molar-refractivity contribution in [3.05, 3.63) is 59.7 Å². The van der Waals surface area contributed by atoms with Gasteiger partial charge in [0.05, 0.1) is 29.7 Å². The molecule has 280 valence electrons. The van der Waals surface area contributed by atoms with E-state index in [4.69, 9.17) is 9.47 Å². The number of carbonyl (C=O) groups is 5. The Labute approximate surface area is 312 Å². The maximum absolute atomic E-state index is 14.5. The summed E-state index contributed by atoms with van der Waals surface area (Å²) in [5, 5.41) is 0.947. The van der Waals surface area contributed by atoms with Gasteiger partial charge < -0.3 is 14.4 Å². The Balaban J connectivity index is 1.45. The number of carbonyl (C=O) groups excluding carboxylic acids is 5. The fourth-order valence-electron chi connectivity index (χ4n) is 6.76. The lowest BCUT2D eigenvalue weighted by Crippen LogP contribution is -2.46. The third kappa shape index (κ3) is 9.17. The maximum Gasteiger partial charge on any atom is 0.307 e. The Morgan fingerprint density at radius 1 is 1.17 bits per heavy atom. The van der Waals surface area contributed by atoms with Crippen molar-refractivity contribution in [1.82, 2.24) is 14.6 Å². The van der Waals surface area contributed by atoms with Crippen LogP contribution in [0.15, 0.2) is 59.7 Å². The summed E-state index contributed by atoms with van der Waals surface area (Å²) in [4.78, 5) is 73.8.